The van der Waals surface area contributed by atoms with Crippen LogP contribution in [-0.4, -0.2) is 24.3 Å². The fraction of sp³-hybridized carbons (Fsp3) is 0.462. The van der Waals surface area contributed by atoms with Gasteiger partial charge in [-0.15, -0.1) is 0 Å². The Morgan fingerprint density at radius 3 is 3.12 bits per heavy atom. The van der Waals surface area contributed by atoms with Crippen molar-refractivity contribution in [2.75, 3.05) is 13.2 Å². The van der Waals surface area contributed by atoms with E-state index in [2.05, 4.69) is 0 Å². The Morgan fingerprint density at radius 1 is 1.59 bits per heavy atom. The SMILES string of the molecule is CCOc1cccc(C2OCCC2C(=O)O)c1. The van der Waals surface area contributed by atoms with Gasteiger partial charge in [0.2, 0.25) is 0 Å². The van der Waals surface area contributed by atoms with E-state index in [9.17, 15) is 4.79 Å². The Morgan fingerprint density at radius 2 is 2.41 bits per heavy atom. The molecule has 1 heterocycles. The predicted molar refractivity (Wildman–Crippen MR) is 62.0 cm³/mol. The molecule has 0 amide bonds. The third kappa shape index (κ3) is 2.58. The average molecular weight is 236 g/mol. The lowest BCUT2D eigenvalue weighted by molar-refractivity contribution is -0.143. The van der Waals surface area contributed by atoms with Crippen LogP contribution in [0.5, 0.6) is 5.75 Å². The molecule has 0 aromatic heterocycles. The third-order valence-corrected chi connectivity index (χ3v) is 2.91. The summed E-state index contributed by atoms with van der Waals surface area (Å²) < 4.78 is 10.9. The van der Waals surface area contributed by atoms with Gasteiger partial charge < -0.3 is 14.6 Å². The van der Waals surface area contributed by atoms with Gasteiger partial charge >= 0.3 is 5.97 Å². The van der Waals surface area contributed by atoms with Crippen LogP contribution in [0, 0.1) is 5.92 Å². The van der Waals surface area contributed by atoms with Crippen molar-refractivity contribution in [2.24, 2.45) is 5.92 Å². The summed E-state index contributed by atoms with van der Waals surface area (Å²) in [5, 5.41) is 9.11. The minimum absolute atomic E-state index is 0.354. The molecule has 0 spiro atoms. The molecule has 4 heteroatoms. The zero-order valence-electron chi connectivity index (χ0n) is 9.76. The number of hydrogen-bond acceptors (Lipinski definition) is 3. The number of rotatable bonds is 4. The first-order valence-electron chi connectivity index (χ1n) is 5.79. The van der Waals surface area contributed by atoms with E-state index in [1.165, 1.54) is 0 Å². The molecule has 2 rings (SSSR count). The number of carboxylic acid groups (broad SMARTS) is 1. The Bertz CT molecular complexity index is 402. The lowest BCUT2D eigenvalue weighted by Gasteiger charge is -2.16. The molecule has 2 unspecified atom stereocenters. The van der Waals surface area contributed by atoms with E-state index in [-0.39, 0.29) is 6.10 Å². The molecule has 1 aromatic rings. The van der Waals surface area contributed by atoms with Crippen molar-refractivity contribution in [2.45, 2.75) is 19.4 Å². The molecule has 0 radical (unpaired) electrons. The van der Waals surface area contributed by atoms with Gasteiger partial charge in [0.25, 0.3) is 0 Å². The fourth-order valence-corrected chi connectivity index (χ4v) is 2.12. The summed E-state index contributed by atoms with van der Waals surface area (Å²) in [6.45, 7) is 3.01. The van der Waals surface area contributed by atoms with Gasteiger partial charge in [-0.3, -0.25) is 4.79 Å². The minimum atomic E-state index is -0.797. The molecule has 4 nitrogen and oxygen atoms in total. The topological polar surface area (TPSA) is 55.8 Å². The first-order chi connectivity index (χ1) is 8.22. The number of carboxylic acids is 1. The van der Waals surface area contributed by atoms with Gasteiger partial charge in [0.05, 0.1) is 18.6 Å². The maximum Gasteiger partial charge on any atom is 0.309 e. The molecule has 1 aliphatic rings. The van der Waals surface area contributed by atoms with Gasteiger partial charge in [0, 0.05) is 6.61 Å². The standard InChI is InChI=1S/C13H16O4/c1-2-16-10-5-3-4-9(8-10)12-11(13(14)15)6-7-17-12/h3-5,8,11-12H,2,6-7H2,1H3,(H,14,15). The van der Waals surface area contributed by atoms with Crippen LogP contribution in [0.1, 0.15) is 25.0 Å². The molecule has 17 heavy (non-hydrogen) atoms. The van der Waals surface area contributed by atoms with E-state index in [4.69, 9.17) is 14.6 Å². The number of benzene rings is 1. The highest BCUT2D eigenvalue weighted by molar-refractivity contribution is 5.71. The van der Waals surface area contributed by atoms with Gasteiger partial charge in [-0.25, -0.2) is 0 Å². The Labute approximate surface area is 100 Å². The van der Waals surface area contributed by atoms with Crippen molar-refractivity contribution in [1.82, 2.24) is 0 Å². The molecule has 0 aliphatic carbocycles. The lowest BCUT2D eigenvalue weighted by Crippen LogP contribution is -2.17. The summed E-state index contributed by atoms with van der Waals surface area (Å²) in [6.07, 6.45) is 0.215. The number of aliphatic carboxylic acids is 1. The normalized spacial score (nSPS) is 23.6. The van der Waals surface area contributed by atoms with Crippen LogP contribution >= 0.6 is 0 Å². The molecule has 2 atom stereocenters. The predicted octanol–water partition coefficient (Wildman–Crippen LogP) is 2.25. The van der Waals surface area contributed by atoms with Crippen LogP contribution in [0.3, 0.4) is 0 Å². The van der Waals surface area contributed by atoms with Crippen molar-refractivity contribution in [1.29, 1.82) is 0 Å². The summed E-state index contributed by atoms with van der Waals surface area (Å²) in [6, 6.07) is 7.46. The summed E-state index contributed by atoms with van der Waals surface area (Å²) in [5.74, 6) is -0.495. The fourth-order valence-electron chi connectivity index (χ4n) is 2.12. The maximum atomic E-state index is 11.1. The van der Waals surface area contributed by atoms with Crippen LogP contribution in [0.15, 0.2) is 24.3 Å². The summed E-state index contributed by atoms with van der Waals surface area (Å²) in [7, 11) is 0. The average Bonchev–Trinajstić information content (AvgIpc) is 2.79. The second-order valence-corrected chi connectivity index (χ2v) is 4.03. The van der Waals surface area contributed by atoms with E-state index >= 15 is 0 Å². The van der Waals surface area contributed by atoms with E-state index < -0.39 is 11.9 Å². The number of hydrogen-bond donors (Lipinski definition) is 1. The van der Waals surface area contributed by atoms with E-state index in [1.807, 2.05) is 31.2 Å². The molecular weight excluding hydrogens is 220 g/mol. The number of carbonyl (C=O) groups is 1. The van der Waals surface area contributed by atoms with Gasteiger partial charge in [0.1, 0.15) is 5.75 Å². The van der Waals surface area contributed by atoms with Crippen molar-refractivity contribution < 1.29 is 19.4 Å². The van der Waals surface area contributed by atoms with Gasteiger partial charge in [0.15, 0.2) is 0 Å². The molecule has 1 aromatic carbocycles. The second-order valence-electron chi connectivity index (χ2n) is 4.03. The minimum Gasteiger partial charge on any atom is -0.494 e. The highest BCUT2D eigenvalue weighted by Crippen LogP contribution is 2.35. The summed E-state index contributed by atoms with van der Waals surface area (Å²) >= 11 is 0. The molecule has 1 aliphatic heterocycles. The van der Waals surface area contributed by atoms with Crippen LogP contribution in [-0.2, 0) is 9.53 Å². The van der Waals surface area contributed by atoms with Crippen LogP contribution in [0.4, 0.5) is 0 Å². The third-order valence-electron chi connectivity index (χ3n) is 2.91. The van der Waals surface area contributed by atoms with Gasteiger partial charge in [-0.2, -0.15) is 0 Å². The van der Waals surface area contributed by atoms with Crippen molar-refractivity contribution >= 4 is 5.97 Å². The van der Waals surface area contributed by atoms with Crippen molar-refractivity contribution in [3.63, 3.8) is 0 Å². The smallest absolute Gasteiger partial charge is 0.309 e. The Balaban J connectivity index is 2.21. The Kier molecular flexibility index (Phi) is 3.64. The van der Waals surface area contributed by atoms with Crippen molar-refractivity contribution in [3.05, 3.63) is 29.8 Å². The molecule has 0 saturated carbocycles. The quantitative estimate of drug-likeness (QED) is 0.871. The summed E-state index contributed by atoms with van der Waals surface area (Å²) in [4.78, 5) is 11.1. The Hall–Kier alpha value is -1.55. The van der Waals surface area contributed by atoms with E-state index in [1.54, 1.807) is 0 Å². The molecule has 1 saturated heterocycles. The first-order valence-corrected chi connectivity index (χ1v) is 5.79. The summed E-state index contributed by atoms with van der Waals surface area (Å²) in [5.41, 5.74) is 0.876. The number of ether oxygens (including phenoxy) is 2. The highest BCUT2D eigenvalue weighted by atomic mass is 16.5. The van der Waals surface area contributed by atoms with Gasteiger partial charge in [-0.05, 0) is 31.0 Å². The van der Waals surface area contributed by atoms with E-state index in [0.29, 0.717) is 19.6 Å². The lowest BCUT2D eigenvalue weighted by atomic mass is 9.95. The molecule has 1 N–H and O–H groups in total. The van der Waals surface area contributed by atoms with Gasteiger partial charge in [-0.1, -0.05) is 12.1 Å². The monoisotopic (exact) mass is 236 g/mol. The zero-order valence-corrected chi connectivity index (χ0v) is 9.76. The largest absolute Gasteiger partial charge is 0.494 e. The molecule has 92 valence electrons. The van der Waals surface area contributed by atoms with Crippen molar-refractivity contribution in [3.8, 4) is 5.75 Å². The maximum absolute atomic E-state index is 11.1. The first kappa shape index (κ1) is 11.9. The van der Waals surface area contributed by atoms with Crippen LogP contribution in [0.25, 0.3) is 0 Å². The molecule has 0 bridgehead atoms. The molecular formula is C13H16O4. The highest BCUT2D eigenvalue weighted by Gasteiger charge is 2.35. The molecule has 1 fully saturated rings. The van der Waals surface area contributed by atoms with Crippen LogP contribution in [0.2, 0.25) is 0 Å². The zero-order chi connectivity index (χ0) is 12.3. The van der Waals surface area contributed by atoms with E-state index in [0.717, 1.165) is 11.3 Å². The second kappa shape index (κ2) is 5.19. The van der Waals surface area contributed by atoms with Crippen LogP contribution < -0.4 is 4.74 Å².